The molecule has 2 aliphatic rings. The van der Waals surface area contributed by atoms with E-state index in [0.29, 0.717) is 25.2 Å². The van der Waals surface area contributed by atoms with E-state index < -0.39 is 0 Å². The average molecular weight is 501 g/mol. The van der Waals surface area contributed by atoms with Crippen LogP contribution in [0.5, 0.6) is 0 Å². The number of nitrogens with zero attached hydrogens (tertiary/aromatic N) is 2. The number of aromatic nitrogens is 1. The average Bonchev–Trinajstić information content (AvgIpc) is 3.05. The molecule has 3 unspecified atom stereocenters. The molecule has 2 aliphatic heterocycles. The lowest BCUT2D eigenvalue weighted by Crippen LogP contribution is -2.53. The van der Waals surface area contributed by atoms with Gasteiger partial charge in [0.1, 0.15) is 5.56 Å². The van der Waals surface area contributed by atoms with Crippen molar-refractivity contribution in [2.75, 3.05) is 31.1 Å². The lowest BCUT2D eigenvalue weighted by atomic mass is 9.96. The Labute approximate surface area is 212 Å². The number of nitrogens with one attached hydrogen (secondary N) is 2. The molecule has 0 radical (unpaired) electrons. The Balaban J connectivity index is 1.37. The molecular weight excluding hydrogens is 460 g/mol. The molecule has 3 heterocycles. The first-order valence-corrected chi connectivity index (χ1v) is 14.2. The number of benzene rings is 1. The highest BCUT2D eigenvalue weighted by atomic mass is 32.2. The highest BCUT2D eigenvalue weighted by Gasteiger charge is 2.41. The van der Waals surface area contributed by atoms with Crippen molar-refractivity contribution in [3.05, 3.63) is 46.2 Å². The second kappa shape index (κ2) is 11.9. The smallest absolute Gasteiger partial charge is 0.264 e. The zero-order valence-corrected chi connectivity index (χ0v) is 22.0. The molecule has 0 spiro atoms. The van der Waals surface area contributed by atoms with Gasteiger partial charge in [-0.25, -0.2) is 0 Å². The van der Waals surface area contributed by atoms with Gasteiger partial charge in [0.05, 0.1) is 11.6 Å². The van der Waals surface area contributed by atoms with E-state index in [2.05, 4.69) is 22.5 Å². The van der Waals surface area contributed by atoms with Gasteiger partial charge in [-0.15, -0.1) is 0 Å². The first-order chi connectivity index (χ1) is 16.9. The molecule has 0 saturated carbocycles. The second-order valence-corrected chi connectivity index (χ2v) is 11.6. The Kier molecular flexibility index (Phi) is 8.92. The molecule has 192 valence electrons. The van der Waals surface area contributed by atoms with Gasteiger partial charge in [0.15, 0.2) is 0 Å². The first-order valence-electron chi connectivity index (χ1n) is 13.1. The van der Waals surface area contributed by atoms with Crippen molar-refractivity contribution in [3.8, 4) is 0 Å². The second-order valence-electron chi connectivity index (χ2n) is 10.2. The van der Waals surface area contributed by atoms with Gasteiger partial charge in [0.2, 0.25) is 0 Å². The van der Waals surface area contributed by atoms with Gasteiger partial charge in [-0.2, -0.15) is 11.8 Å². The van der Waals surface area contributed by atoms with Crippen LogP contribution in [0.15, 0.2) is 35.1 Å². The minimum atomic E-state index is -0.386. The fraction of sp³-hybridized carbons (Fsp3) is 0.630. The molecule has 3 atom stereocenters. The van der Waals surface area contributed by atoms with Crippen LogP contribution in [-0.2, 0) is 0 Å². The molecule has 2 fully saturated rings. The summed E-state index contributed by atoms with van der Waals surface area (Å²) in [5.74, 6) is 1.91. The minimum Gasteiger partial charge on any atom is -0.390 e. The van der Waals surface area contributed by atoms with Crippen LogP contribution in [0.25, 0.3) is 10.9 Å². The number of carbonyl (C=O) groups is 1. The number of aliphatic hydroxyl groups is 1. The van der Waals surface area contributed by atoms with Crippen molar-refractivity contribution < 1.29 is 9.90 Å². The van der Waals surface area contributed by atoms with Crippen LogP contribution in [-0.4, -0.2) is 75.9 Å². The zero-order valence-electron chi connectivity index (χ0n) is 21.2. The monoisotopic (exact) mass is 500 g/mol. The standard InChI is InChI=1S/C27H40N4O3S/c1-4-35-12-11-28-16-23(32)17-30-21-9-10-22(30)15-20(14-21)29-26(33)24-13-19-7-5-6-8-25(19)31(18(2)3)27(24)34/h5-8,13,18,20-23,28,32H,4,9-12,14-17H2,1-3H3,(H,29,33). The number of hydrogen-bond donors (Lipinski definition) is 3. The third-order valence-corrected chi connectivity index (χ3v) is 8.26. The highest BCUT2D eigenvalue weighted by molar-refractivity contribution is 7.99. The maximum Gasteiger partial charge on any atom is 0.264 e. The number of fused-ring (bicyclic) bond motifs is 3. The van der Waals surface area contributed by atoms with Crippen molar-refractivity contribution >= 4 is 28.6 Å². The molecule has 1 aromatic heterocycles. The van der Waals surface area contributed by atoms with Gasteiger partial charge in [0, 0.05) is 49.6 Å². The Morgan fingerprint density at radius 1 is 1.20 bits per heavy atom. The van der Waals surface area contributed by atoms with Crippen molar-refractivity contribution in [3.63, 3.8) is 0 Å². The van der Waals surface area contributed by atoms with Crippen LogP contribution in [0.2, 0.25) is 0 Å². The van der Waals surface area contributed by atoms with Gasteiger partial charge in [-0.3, -0.25) is 14.5 Å². The summed E-state index contributed by atoms with van der Waals surface area (Å²) in [6.07, 6.45) is 3.53. The predicted molar refractivity (Wildman–Crippen MR) is 144 cm³/mol. The molecule has 2 saturated heterocycles. The van der Waals surface area contributed by atoms with E-state index >= 15 is 0 Å². The largest absolute Gasteiger partial charge is 0.390 e. The fourth-order valence-electron chi connectivity index (χ4n) is 5.78. The lowest BCUT2D eigenvalue weighted by Gasteiger charge is -2.40. The Bertz CT molecular complexity index is 1060. The molecular formula is C27H40N4O3S. The molecule has 1 amide bonds. The minimum absolute atomic E-state index is 0.0365. The summed E-state index contributed by atoms with van der Waals surface area (Å²) in [7, 11) is 0. The SMILES string of the molecule is CCSCCNCC(O)CN1C2CCC1CC(NC(=O)c1cc3ccccc3n(C(C)C)c1=O)C2. The summed E-state index contributed by atoms with van der Waals surface area (Å²) in [6.45, 7) is 8.31. The molecule has 0 aliphatic carbocycles. The molecule has 7 nitrogen and oxygen atoms in total. The van der Waals surface area contributed by atoms with Gasteiger partial charge >= 0.3 is 0 Å². The highest BCUT2D eigenvalue weighted by Crippen LogP contribution is 2.35. The van der Waals surface area contributed by atoms with Crippen molar-refractivity contribution in [1.82, 2.24) is 20.1 Å². The van der Waals surface area contributed by atoms with Crippen molar-refractivity contribution in [1.29, 1.82) is 0 Å². The Morgan fingerprint density at radius 2 is 1.91 bits per heavy atom. The van der Waals surface area contributed by atoms with Crippen molar-refractivity contribution in [2.45, 2.75) is 76.7 Å². The number of piperidine rings is 1. The number of para-hydroxylation sites is 1. The number of amides is 1. The molecule has 3 N–H and O–H groups in total. The normalized spacial score (nSPS) is 23.2. The number of pyridine rings is 1. The molecule has 8 heteroatoms. The van der Waals surface area contributed by atoms with Crippen LogP contribution >= 0.6 is 11.8 Å². The summed E-state index contributed by atoms with van der Waals surface area (Å²) >= 11 is 1.90. The summed E-state index contributed by atoms with van der Waals surface area (Å²) in [5, 5.41) is 18.0. The number of rotatable bonds is 11. The number of carbonyl (C=O) groups excluding carboxylic acids is 1. The molecule has 4 rings (SSSR count). The third-order valence-electron chi connectivity index (χ3n) is 7.35. The van der Waals surface area contributed by atoms with Crippen LogP contribution in [0.4, 0.5) is 0 Å². The van der Waals surface area contributed by atoms with Gasteiger partial charge in [-0.1, -0.05) is 25.1 Å². The van der Waals surface area contributed by atoms with E-state index in [1.165, 1.54) is 0 Å². The van der Waals surface area contributed by atoms with E-state index in [1.54, 1.807) is 10.6 Å². The third kappa shape index (κ3) is 6.10. The maximum absolute atomic E-state index is 13.3. The van der Waals surface area contributed by atoms with E-state index in [0.717, 1.165) is 54.6 Å². The van der Waals surface area contributed by atoms with Gasteiger partial charge in [-0.05, 0) is 62.8 Å². The number of hydrogen-bond acceptors (Lipinski definition) is 6. The Hall–Kier alpha value is -1.87. The molecule has 1 aromatic carbocycles. The van der Waals surface area contributed by atoms with Crippen LogP contribution in [0, 0.1) is 0 Å². The number of aliphatic hydroxyl groups excluding tert-OH is 1. The van der Waals surface area contributed by atoms with Crippen LogP contribution < -0.4 is 16.2 Å². The van der Waals surface area contributed by atoms with E-state index in [9.17, 15) is 14.7 Å². The van der Waals surface area contributed by atoms with Gasteiger partial charge in [0.25, 0.3) is 11.5 Å². The summed E-state index contributed by atoms with van der Waals surface area (Å²) in [5.41, 5.74) is 0.840. The van der Waals surface area contributed by atoms with E-state index in [1.807, 2.05) is 49.9 Å². The summed E-state index contributed by atoms with van der Waals surface area (Å²) < 4.78 is 1.72. The summed E-state index contributed by atoms with van der Waals surface area (Å²) in [4.78, 5) is 28.9. The van der Waals surface area contributed by atoms with Crippen molar-refractivity contribution in [2.24, 2.45) is 0 Å². The van der Waals surface area contributed by atoms with E-state index in [4.69, 9.17) is 0 Å². The Morgan fingerprint density at radius 3 is 2.60 bits per heavy atom. The molecule has 2 aromatic rings. The fourth-order valence-corrected chi connectivity index (χ4v) is 6.36. The molecule has 2 bridgehead atoms. The quantitative estimate of drug-likeness (QED) is 0.411. The topological polar surface area (TPSA) is 86.6 Å². The summed E-state index contributed by atoms with van der Waals surface area (Å²) in [6, 6.07) is 10.2. The lowest BCUT2D eigenvalue weighted by molar-refractivity contribution is 0.0506. The van der Waals surface area contributed by atoms with Crippen LogP contribution in [0.3, 0.4) is 0 Å². The maximum atomic E-state index is 13.3. The number of thioether (sulfide) groups is 1. The van der Waals surface area contributed by atoms with Crippen LogP contribution in [0.1, 0.15) is 62.9 Å². The van der Waals surface area contributed by atoms with Gasteiger partial charge < -0.3 is 20.3 Å². The predicted octanol–water partition coefficient (Wildman–Crippen LogP) is 3.01. The van der Waals surface area contributed by atoms with E-state index in [-0.39, 0.29) is 35.2 Å². The first kappa shape index (κ1) is 26.2. The zero-order chi connectivity index (χ0) is 24.9. The molecule has 35 heavy (non-hydrogen) atoms.